The van der Waals surface area contributed by atoms with Gasteiger partial charge >= 0.3 is 6.09 Å². The van der Waals surface area contributed by atoms with Crippen molar-refractivity contribution < 1.29 is 14.3 Å². The van der Waals surface area contributed by atoms with Crippen LogP contribution in [0.3, 0.4) is 0 Å². The molecule has 170 valence electrons. The third-order valence-corrected chi connectivity index (χ3v) is 6.16. The number of hydrogen-bond acceptors (Lipinski definition) is 6. The zero-order valence-electron chi connectivity index (χ0n) is 18.5. The number of halogens is 1. The molecule has 4 heterocycles. The van der Waals surface area contributed by atoms with Gasteiger partial charge < -0.3 is 24.3 Å². The van der Waals surface area contributed by atoms with Crippen LogP contribution in [0.25, 0.3) is 11.0 Å². The number of carbonyl (C=O) groups is 1. The number of ether oxygens (including phenoxy) is 2. The Bertz CT molecular complexity index is 912. The van der Waals surface area contributed by atoms with E-state index < -0.39 is 5.60 Å². The molecule has 0 aliphatic carbocycles. The van der Waals surface area contributed by atoms with Gasteiger partial charge in [0.05, 0.1) is 11.5 Å². The van der Waals surface area contributed by atoms with E-state index in [4.69, 9.17) is 21.1 Å². The molecule has 2 fully saturated rings. The number of nitrogens with one attached hydrogen (secondary N) is 1. The molecule has 2 aliphatic heterocycles. The first-order chi connectivity index (χ1) is 14.8. The van der Waals surface area contributed by atoms with E-state index in [-0.39, 0.29) is 18.4 Å². The van der Waals surface area contributed by atoms with Crippen molar-refractivity contribution in [3.63, 3.8) is 0 Å². The second-order valence-corrected chi connectivity index (χ2v) is 9.92. The van der Waals surface area contributed by atoms with E-state index in [1.165, 1.54) is 6.33 Å². The Morgan fingerprint density at radius 2 is 2.16 bits per heavy atom. The molecular weight excluding hydrogens is 418 g/mol. The number of carbonyl (C=O) groups excluding carboxylic acids is 1. The normalized spacial score (nSPS) is 25.1. The number of rotatable bonds is 5. The first-order valence-corrected chi connectivity index (χ1v) is 11.5. The molecule has 3 atom stereocenters. The van der Waals surface area contributed by atoms with Gasteiger partial charge in [0, 0.05) is 25.8 Å². The molecule has 0 aromatic carbocycles. The largest absolute Gasteiger partial charge is 0.444 e. The summed E-state index contributed by atoms with van der Waals surface area (Å²) in [5.41, 5.74) is 0.346. The highest BCUT2D eigenvalue weighted by atomic mass is 35.5. The van der Waals surface area contributed by atoms with Gasteiger partial charge in [-0.1, -0.05) is 11.6 Å². The highest BCUT2D eigenvalue weighted by Gasteiger charge is 2.31. The van der Waals surface area contributed by atoms with Crippen LogP contribution in [0.4, 0.5) is 4.79 Å². The van der Waals surface area contributed by atoms with Crippen LogP contribution in [0.2, 0.25) is 5.15 Å². The van der Waals surface area contributed by atoms with Crippen LogP contribution in [0.1, 0.15) is 52.7 Å². The lowest BCUT2D eigenvalue weighted by Gasteiger charge is -2.34. The highest BCUT2D eigenvalue weighted by Crippen LogP contribution is 2.33. The lowest BCUT2D eigenvalue weighted by Crippen LogP contribution is -2.44. The minimum atomic E-state index is -0.471. The van der Waals surface area contributed by atoms with Gasteiger partial charge in [0.1, 0.15) is 29.0 Å². The standard InChI is InChI=1S/C22H32ClN5O3/c1-22(2,3)31-21(29)24-11-15-5-4-9-27(12-15)13-16-6-7-18(30-16)28-10-8-17-19(23)25-14-26-20(17)28/h8,10,14-16,18H,4-7,9,11-13H2,1-3H3,(H,24,29). The minimum Gasteiger partial charge on any atom is -0.444 e. The van der Waals surface area contributed by atoms with Crippen molar-refractivity contribution in [1.29, 1.82) is 0 Å². The average Bonchev–Trinajstić information content (AvgIpc) is 3.33. The maximum atomic E-state index is 11.9. The van der Waals surface area contributed by atoms with Crippen molar-refractivity contribution in [2.75, 3.05) is 26.2 Å². The number of amides is 1. The van der Waals surface area contributed by atoms with E-state index in [0.717, 1.165) is 56.4 Å². The van der Waals surface area contributed by atoms with Crippen molar-refractivity contribution in [2.24, 2.45) is 5.92 Å². The van der Waals surface area contributed by atoms with Crippen LogP contribution in [0.15, 0.2) is 18.6 Å². The Balaban J connectivity index is 1.27. The highest BCUT2D eigenvalue weighted by molar-refractivity contribution is 6.33. The van der Waals surface area contributed by atoms with Crippen LogP contribution >= 0.6 is 11.6 Å². The number of nitrogens with zero attached hydrogens (tertiary/aromatic N) is 4. The van der Waals surface area contributed by atoms with Crippen molar-refractivity contribution in [3.05, 3.63) is 23.7 Å². The second-order valence-electron chi connectivity index (χ2n) is 9.57. The summed E-state index contributed by atoms with van der Waals surface area (Å²) in [5.74, 6) is 0.436. The fourth-order valence-corrected chi connectivity index (χ4v) is 4.70. The quantitative estimate of drug-likeness (QED) is 0.695. The fraction of sp³-hybridized carbons (Fsp3) is 0.682. The van der Waals surface area contributed by atoms with Gasteiger partial charge in [0.15, 0.2) is 0 Å². The molecular formula is C22H32ClN5O3. The van der Waals surface area contributed by atoms with Gasteiger partial charge in [-0.2, -0.15) is 0 Å². The second kappa shape index (κ2) is 9.30. The van der Waals surface area contributed by atoms with Gasteiger partial charge in [-0.25, -0.2) is 14.8 Å². The summed E-state index contributed by atoms with van der Waals surface area (Å²) in [4.78, 5) is 22.8. The van der Waals surface area contributed by atoms with Crippen LogP contribution < -0.4 is 5.32 Å². The van der Waals surface area contributed by atoms with Crippen LogP contribution in [-0.4, -0.2) is 63.4 Å². The van der Waals surface area contributed by atoms with Gasteiger partial charge in [-0.3, -0.25) is 0 Å². The lowest BCUT2D eigenvalue weighted by atomic mass is 9.97. The minimum absolute atomic E-state index is 0.0251. The first-order valence-electron chi connectivity index (χ1n) is 11.1. The molecule has 0 bridgehead atoms. The van der Waals surface area contributed by atoms with Gasteiger partial charge in [0.2, 0.25) is 0 Å². The molecule has 4 rings (SSSR count). The summed E-state index contributed by atoms with van der Waals surface area (Å²) in [6, 6.07) is 1.95. The summed E-state index contributed by atoms with van der Waals surface area (Å²) in [6.07, 6.45) is 7.53. The topological polar surface area (TPSA) is 81.5 Å². The van der Waals surface area contributed by atoms with E-state index >= 15 is 0 Å². The average molecular weight is 450 g/mol. The molecule has 1 N–H and O–H groups in total. The fourth-order valence-electron chi connectivity index (χ4n) is 4.51. The molecule has 2 aromatic heterocycles. The monoisotopic (exact) mass is 449 g/mol. The first kappa shape index (κ1) is 22.3. The number of aromatic nitrogens is 3. The molecule has 2 aliphatic rings. The molecule has 0 spiro atoms. The molecule has 2 saturated heterocycles. The number of hydrogen-bond donors (Lipinski definition) is 1. The smallest absolute Gasteiger partial charge is 0.407 e. The SMILES string of the molecule is CC(C)(C)OC(=O)NCC1CCCN(CC2CCC(n3ccc4c(Cl)ncnc43)O2)C1. The Labute approximate surface area is 188 Å². The van der Waals surface area contributed by atoms with Gasteiger partial charge in [-0.05, 0) is 65.0 Å². The Morgan fingerprint density at radius 3 is 2.97 bits per heavy atom. The summed E-state index contributed by atoms with van der Waals surface area (Å²) >= 11 is 6.18. The van der Waals surface area contributed by atoms with Crippen LogP contribution in [0, 0.1) is 5.92 Å². The number of alkyl carbamates (subject to hydrolysis) is 1. The Kier molecular flexibility index (Phi) is 6.69. The molecule has 0 saturated carbocycles. The summed E-state index contributed by atoms with van der Waals surface area (Å²) in [6.45, 7) is 9.23. The maximum absolute atomic E-state index is 11.9. The van der Waals surface area contributed by atoms with E-state index in [0.29, 0.717) is 17.6 Å². The summed E-state index contributed by atoms with van der Waals surface area (Å²) in [7, 11) is 0. The maximum Gasteiger partial charge on any atom is 0.407 e. The van der Waals surface area contributed by atoms with Crippen molar-refractivity contribution in [2.45, 2.75) is 64.4 Å². The van der Waals surface area contributed by atoms with E-state index in [9.17, 15) is 4.79 Å². The van der Waals surface area contributed by atoms with Gasteiger partial charge in [-0.15, -0.1) is 0 Å². The molecule has 31 heavy (non-hydrogen) atoms. The summed E-state index contributed by atoms with van der Waals surface area (Å²) in [5, 5.41) is 4.25. The zero-order chi connectivity index (χ0) is 22.0. The molecule has 0 radical (unpaired) electrons. The van der Waals surface area contributed by atoms with Crippen molar-refractivity contribution >= 4 is 28.7 Å². The molecule has 2 aromatic rings. The Hall–Kier alpha value is -1.90. The lowest BCUT2D eigenvalue weighted by molar-refractivity contribution is -0.0168. The number of likely N-dealkylation sites (tertiary alicyclic amines) is 1. The van der Waals surface area contributed by atoms with Crippen molar-refractivity contribution in [3.8, 4) is 0 Å². The van der Waals surface area contributed by atoms with Crippen LogP contribution in [0.5, 0.6) is 0 Å². The zero-order valence-corrected chi connectivity index (χ0v) is 19.3. The predicted octanol–water partition coefficient (Wildman–Crippen LogP) is 4.00. The molecule has 9 heteroatoms. The van der Waals surface area contributed by atoms with Gasteiger partial charge in [0.25, 0.3) is 0 Å². The van der Waals surface area contributed by atoms with Crippen molar-refractivity contribution in [1.82, 2.24) is 24.8 Å². The number of fused-ring (bicyclic) bond motifs is 1. The van der Waals surface area contributed by atoms with E-state index in [2.05, 4.69) is 24.8 Å². The van der Waals surface area contributed by atoms with E-state index in [1.807, 2.05) is 33.0 Å². The molecule has 3 unspecified atom stereocenters. The summed E-state index contributed by atoms with van der Waals surface area (Å²) < 4.78 is 13.8. The predicted molar refractivity (Wildman–Crippen MR) is 119 cm³/mol. The van der Waals surface area contributed by atoms with Crippen LogP contribution in [-0.2, 0) is 9.47 Å². The third-order valence-electron chi connectivity index (χ3n) is 5.85. The third kappa shape index (κ3) is 5.67. The molecule has 1 amide bonds. The van der Waals surface area contributed by atoms with E-state index in [1.54, 1.807) is 0 Å². The Morgan fingerprint density at radius 1 is 1.32 bits per heavy atom. The number of piperidine rings is 1. The molecule has 8 nitrogen and oxygen atoms in total.